The maximum atomic E-state index is 12.0. The van der Waals surface area contributed by atoms with Gasteiger partial charge >= 0.3 is 0 Å². The highest BCUT2D eigenvalue weighted by Crippen LogP contribution is 2.50. The Kier molecular flexibility index (Phi) is 3.30. The summed E-state index contributed by atoms with van der Waals surface area (Å²) in [5, 5.41) is 3.02. The predicted molar refractivity (Wildman–Crippen MR) is 73.1 cm³/mol. The van der Waals surface area contributed by atoms with E-state index in [0.29, 0.717) is 11.3 Å². The molecule has 3 heteroatoms. The highest BCUT2D eigenvalue weighted by Gasteiger charge is 2.45. The van der Waals surface area contributed by atoms with Crippen LogP contribution in [-0.2, 0) is 0 Å². The van der Waals surface area contributed by atoms with Gasteiger partial charge in [0.1, 0.15) is 0 Å². The SMILES string of the molecule is Cc1c(Br)cccc1C(=O)NCC1CC1(C)C. The first-order chi connectivity index (χ1) is 7.92. The summed E-state index contributed by atoms with van der Waals surface area (Å²) >= 11 is 3.44. The Morgan fingerprint density at radius 3 is 2.76 bits per heavy atom. The van der Waals surface area contributed by atoms with Gasteiger partial charge in [-0.1, -0.05) is 35.8 Å². The number of amides is 1. The lowest BCUT2D eigenvalue weighted by Gasteiger charge is -2.09. The van der Waals surface area contributed by atoms with Crippen molar-refractivity contribution < 1.29 is 4.79 Å². The van der Waals surface area contributed by atoms with Crippen molar-refractivity contribution in [1.82, 2.24) is 5.32 Å². The summed E-state index contributed by atoms with van der Waals surface area (Å²) in [6.07, 6.45) is 1.21. The lowest BCUT2D eigenvalue weighted by atomic mass is 10.1. The molecule has 1 N–H and O–H groups in total. The Balaban J connectivity index is 1.98. The molecule has 1 amide bonds. The van der Waals surface area contributed by atoms with E-state index in [1.54, 1.807) is 0 Å². The molecule has 0 spiro atoms. The van der Waals surface area contributed by atoms with Crippen molar-refractivity contribution in [3.63, 3.8) is 0 Å². The highest BCUT2D eigenvalue weighted by atomic mass is 79.9. The van der Waals surface area contributed by atoms with Crippen molar-refractivity contribution >= 4 is 21.8 Å². The van der Waals surface area contributed by atoms with Crippen molar-refractivity contribution in [2.75, 3.05) is 6.54 Å². The standard InChI is InChI=1S/C14H18BrNO/c1-9-11(5-4-6-12(9)15)13(17)16-8-10-7-14(10,2)3/h4-6,10H,7-8H2,1-3H3,(H,16,17). The van der Waals surface area contributed by atoms with Gasteiger partial charge in [-0.2, -0.15) is 0 Å². The van der Waals surface area contributed by atoms with E-state index < -0.39 is 0 Å². The van der Waals surface area contributed by atoms with E-state index in [0.717, 1.165) is 22.1 Å². The minimum Gasteiger partial charge on any atom is -0.352 e. The molecule has 17 heavy (non-hydrogen) atoms. The van der Waals surface area contributed by atoms with Crippen molar-refractivity contribution in [3.8, 4) is 0 Å². The van der Waals surface area contributed by atoms with Gasteiger partial charge in [0.05, 0.1) is 0 Å². The molecule has 0 aromatic heterocycles. The average Bonchev–Trinajstić information content (AvgIpc) is 2.87. The lowest BCUT2D eigenvalue weighted by molar-refractivity contribution is 0.0950. The van der Waals surface area contributed by atoms with Gasteiger partial charge in [-0.3, -0.25) is 4.79 Å². The van der Waals surface area contributed by atoms with Crippen LogP contribution in [0.3, 0.4) is 0 Å². The summed E-state index contributed by atoms with van der Waals surface area (Å²) in [5.41, 5.74) is 2.18. The number of carbonyl (C=O) groups is 1. The molecule has 0 aliphatic heterocycles. The van der Waals surface area contributed by atoms with E-state index in [2.05, 4.69) is 35.1 Å². The fourth-order valence-electron chi connectivity index (χ4n) is 2.09. The van der Waals surface area contributed by atoms with Gasteiger partial charge in [-0.15, -0.1) is 0 Å². The average molecular weight is 296 g/mol. The number of nitrogens with one attached hydrogen (secondary N) is 1. The maximum Gasteiger partial charge on any atom is 0.251 e. The van der Waals surface area contributed by atoms with Crippen LogP contribution in [0, 0.1) is 18.3 Å². The number of rotatable bonds is 3. The topological polar surface area (TPSA) is 29.1 Å². The molecule has 1 aliphatic carbocycles. The first-order valence-corrected chi connectivity index (χ1v) is 6.74. The molecular weight excluding hydrogens is 278 g/mol. The molecular formula is C14H18BrNO. The molecule has 1 saturated carbocycles. The molecule has 1 aliphatic rings. The van der Waals surface area contributed by atoms with Gasteiger partial charge in [0.15, 0.2) is 0 Å². The second kappa shape index (κ2) is 4.45. The lowest BCUT2D eigenvalue weighted by Crippen LogP contribution is -2.27. The molecule has 1 atom stereocenters. The summed E-state index contributed by atoms with van der Waals surface area (Å²) in [4.78, 5) is 12.0. The van der Waals surface area contributed by atoms with Gasteiger partial charge in [0.2, 0.25) is 0 Å². The fraction of sp³-hybridized carbons (Fsp3) is 0.500. The smallest absolute Gasteiger partial charge is 0.251 e. The minimum absolute atomic E-state index is 0.0338. The number of halogens is 1. The van der Waals surface area contributed by atoms with Crippen LogP contribution in [-0.4, -0.2) is 12.5 Å². The largest absolute Gasteiger partial charge is 0.352 e. The highest BCUT2D eigenvalue weighted by molar-refractivity contribution is 9.10. The van der Waals surface area contributed by atoms with E-state index >= 15 is 0 Å². The molecule has 1 aromatic rings. The molecule has 1 unspecified atom stereocenters. The van der Waals surface area contributed by atoms with Crippen LogP contribution in [0.25, 0.3) is 0 Å². The second-order valence-corrected chi connectivity index (χ2v) is 6.37. The van der Waals surface area contributed by atoms with Gasteiger partial charge in [0.25, 0.3) is 5.91 Å². The van der Waals surface area contributed by atoms with Crippen LogP contribution in [0.2, 0.25) is 0 Å². The van der Waals surface area contributed by atoms with E-state index in [4.69, 9.17) is 0 Å². The zero-order valence-electron chi connectivity index (χ0n) is 10.5. The second-order valence-electron chi connectivity index (χ2n) is 5.51. The van der Waals surface area contributed by atoms with Crippen molar-refractivity contribution in [2.45, 2.75) is 27.2 Å². The van der Waals surface area contributed by atoms with Crippen LogP contribution in [0.15, 0.2) is 22.7 Å². The minimum atomic E-state index is 0.0338. The van der Waals surface area contributed by atoms with E-state index in [9.17, 15) is 4.79 Å². The van der Waals surface area contributed by atoms with Crippen LogP contribution >= 0.6 is 15.9 Å². The molecule has 2 nitrogen and oxygen atoms in total. The molecule has 1 fully saturated rings. The maximum absolute atomic E-state index is 12.0. The summed E-state index contributed by atoms with van der Waals surface area (Å²) in [6, 6.07) is 5.72. The third-order valence-corrected chi connectivity index (χ3v) is 4.60. The Morgan fingerprint density at radius 2 is 2.18 bits per heavy atom. The van der Waals surface area contributed by atoms with Gasteiger partial charge in [0, 0.05) is 16.6 Å². The van der Waals surface area contributed by atoms with Crippen molar-refractivity contribution in [3.05, 3.63) is 33.8 Å². The first-order valence-electron chi connectivity index (χ1n) is 5.95. The Bertz CT molecular complexity index is 454. The van der Waals surface area contributed by atoms with E-state index in [1.807, 2.05) is 25.1 Å². The molecule has 0 radical (unpaired) electrons. The molecule has 2 rings (SSSR count). The number of hydrogen-bond acceptors (Lipinski definition) is 1. The van der Waals surface area contributed by atoms with Crippen LogP contribution in [0.4, 0.5) is 0 Å². The number of hydrogen-bond donors (Lipinski definition) is 1. The Morgan fingerprint density at radius 1 is 1.53 bits per heavy atom. The van der Waals surface area contributed by atoms with Crippen LogP contribution < -0.4 is 5.32 Å². The zero-order chi connectivity index (χ0) is 12.6. The summed E-state index contributed by atoms with van der Waals surface area (Å²) in [7, 11) is 0. The summed E-state index contributed by atoms with van der Waals surface area (Å²) in [6.45, 7) is 7.24. The predicted octanol–water partition coefficient (Wildman–Crippen LogP) is 3.53. The van der Waals surface area contributed by atoms with Crippen LogP contribution in [0.5, 0.6) is 0 Å². The fourth-order valence-corrected chi connectivity index (χ4v) is 2.46. The molecule has 92 valence electrons. The van der Waals surface area contributed by atoms with E-state index in [-0.39, 0.29) is 5.91 Å². The van der Waals surface area contributed by atoms with E-state index in [1.165, 1.54) is 6.42 Å². The zero-order valence-corrected chi connectivity index (χ0v) is 12.1. The third-order valence-electron chi connectivity index (χ3n) is 3.74. The molecule has 0 bridgehead atoms. The molecule has 0 saturated heterocycles. The normalized spacial score (nSPS) is 21.1. The Labute approximate surface area is 111 Å². The quantitative estimate of drug-likeness (QED) is 0.908. The first kappa shape index (κ1) is 12.6. The van der Waals surface area contributed by atoms with Crippen molar-refractivity contribution in [1.29, 1.82) is 0 Å². The van der Waals surface area contributed by atoms with Gasteiger partial charge in [-0.25, -0.2) is 0 Å². The van der Waals surface area contributed by atoms with Gasteiger partial charge < -0.3 is 5.32 Å². The molecule has 1 aromatic carbocycles. The molecule has 0 heterocycles. The summed E-state index contributed by atoms with van der Waals surface area (Å²) in [5.74, 6) is 0.672. The van der Waals surface area contributed by atoms with Crippen LogP contribution in [0.1, 0.15) is 36.2 Å². The summed E-state index contributed by atoms with van der Waals surface area (Å²) < 4.78 is 0.983. The Hall–Kier alpha value is -0.830. The number of benzene rings is 1. The van der Waals surface area contributed by atoms with Gasteiger partial charge in [-0.05, 0) is 42.4 Å². The number of carbonyl (C=O) groups excluding carboxylic acids is 1. The van der Waals surface area contributed by atoms with Crippen molar-refractivity contribution in [2.24, 2.45) is 11.3 Å². The third kappa shape index (κ3) is 2.71. The monoisotopic (exact) mass is 295 g/mol.